The van der Waals surface area contributed by atoms with Crippen LogP contribution in [0.5, 0.6) is 0 Å². The zero-order chi connectivity index (χ0) is 15.2. The first-order valence-electron chi connectivity index (χ1n) is 7.95. The fraction of sp³-hybridized carbons (Fsp3) is 0.389. The highest BCUT2D eigenvalue weighted by atomic mass is 32.1. The van der Waals surface area contributed by atoms with Gasteiger partial charge in [0.05, 0.1) is 6.04 Å². The SMILES string of the molecule is O=C(NC[C@@H](c1cccs1)N1CCCCC1)c1ccccc1. The molecule has 0 saturated carbocycles. The minimum atomic E-state index is 0.0131. The number of thiophene rings is 1. The zero-order valence-corrected chi connectivity index (χ0v) is 13.5. The Balaban J connectivity index is 1.66. The minimum absolute atomic E-state index is 0.0131. The maximum absolute atomic E-state index is 12.3. The summed E-state index contributed by atoms with van der Waals surface area (Å²) in [5.41, 5.74) is 0.728. The van der Waals surface area contributed by atoms with Gasteiger partial charge in [0.2, 0.25) is 0 Å². The number of benzene rings is 1. The summed E-state index contributed by atoms with van der Waals surface area (Å²) in [6, 6.07) is 14.0. The molecule has 3 nitrogen and oxygen atoms in total. The molecule has 0 bridgehead atoms. The highest BCUT2D eigenvalue weighted by Crippen LogP contribution is 2.27. The summed E-state index contributed by atoms with van der Waals surface area (Å²) < 4.78 is 0. The standard InChI is InChI=1S/C18H22N2OS/c21-18(15-8-3-1-4-9-15)19-14-16(17-10-7-13-22-17)20-11-5-2-6-12-20/h1,3-4,7-10,13,16H,2,5-6,11-12,14H2,(H,19,21)/t16-/m0/s1. The number of nitrogens with one attached hydrogen (secondary N) is 1. The third-order valence-corrected chi connectivity index (χ3v) is 5.17. The van der Waals surface area contributed by atoms with Crippen molar-refractivity contribution in [3.8, 4) is 0 Å². The second-order valence-corrected chi connectivity index (χ2v) is 6.68. The number of carbonyl (C=O) groups is 1. The third kappa shape index (κ3) is 3.76. The molecule has 1 atom stereocenters. The van der Waals surface area contributed by atoms with Crippen LogP contribution in [0.2, 0.25) is 0 Å². The van der Waals surface area contributed by atoms with E-state index < -0.39 is 0 Å². The number of rotatable bonds is 5. The van der Waals surface area contributed by atoms with Crippen LogP contribution in [0.1, 0.15) is 40.5 Å². The lowest BCUT2D eigenvalue weighted by molar-refractivity contribution is 0.0925. The van der Waals surface area contributed by atoms with E-state index in [0.29, 0.717) is 12.6 Å². The first-order chi connectivity index (χ1) is 10.8. The molecule has 1 aromatic carbocycles. The lowest BCUT2D eigenvalue weighted by Crippen LogP contribution is -2.40. The molecular formula is C18H22N2OS. The molecule has 0 radical (unpaired) electrons. The number of hydrogen-bond donors (Lipinski definition) is 1. The van der Waals surface area contributed by atoms with E-state index in [-0.39, 0.29) is 5.91 Å². The Morgan fingerprint density at radius 2 is 1.86 bits per heavy atom. The van der Waals surface area contributed by atoms with Gasteiger partial charge in [0.25, 0.3) is 5.91 Å². The Hall–Kier alpha value is -1.65. The summed E-state index contributed by atoms with van der Waals surface area (Å²) in [6.45, 7) is 2.93. The van der Waals surface area contributed by atoms with Gasteiger partial charge in [-0.25, -0.2) is 0 Å². The van der Waals surface area contributed by atoms with Gasteiger partial charge in [0, 0.05) is 17.0 Å². The minimum Gasteiger partial charge on any atom is -0.350 e. The van der Waals surface area contributed by atoms with Gasteiger partial charge < -0.3 is 5.32 Å². The smallest absolute Gasteiger partial charge is 0.251 e. The molecule has 1 aliphatic rings. The van der Waals surface area contributed by atoms with Crippen molar-refractivity contribution in [2.45, 2.75) is 25.3 Å². The molecule has 1 fully saturated rings. The topological polar surface area (TPSA) is 32.3 Å². The molecule has 22 heavy (non-hydrogen) atoms. The number of piperidine rings is 1. The summed E-state index contributed by atoms with van der Waals surface area (Å²) >= 11 is 1.78. The number of hydrogen-bond acceptors (Lipinski definition) is 3. The van der Waals surface area contributed by atoms with Gasteiger partial charge in [-0.1, -0.05) is 30.7 Å². The van der Waals surface area contributed by atoms with Gasteiger partial charge in [-0.2, -0.15) is 0 Å². The Morgan fingerprint density at radius 1 is 1.09 bits per heavy atom. The average molecular weight is 314 g/mol. The first kappa shape index (κ1) is 15.3. The van der Waals surface area contributed by atoms with Crippen molar-refractivity contribution in [1.29, 1.82) is 0 Å². The molecule has 2 aromatic rings. The van der Waals surface area contributed by atoms with Crippen LogP contribution >= 0.6 is 11.3 Å². The Kier molecular flexibility index (Phi) is 5.24. The summed E-state index contributed by atoms with van der Waals surface area (Å²) in [7, 11) is 0. The molecule has 1 aromatic heterocycles. The molecule has 4 heteroatoms. The Labute approximate surface area is 136 Å². The highest BCUT2D eigenvalue weighted by molar-refractivity contribution is 7.10. The molecule has 0 aliphatic carbocycles. The first-order valence-corrected chi connectivity index (χ1v) is 8.83. The second-order valence-electron chi connectivity index (χ2n) is 5.70. The van der Waals surface area contributed by atoms with Gasteiger partial charge in [-0.05, 0) is 49.5 Å². The van der Waals surface area contributed by atoms with Crippen LogP contribution in [0, 0.1) is 0 Å². The normalized spacial score (nSPS) is 17.1. The van der Waals surface area contributed by atoms with E-state index in [1.165, 1.54) is 24.1 Å². The summed E-state index contributed by atoms with van der Waals surface area (Å²) in [5.74, 6) is 0.0131. The Morgan fingerprint density at radius 3 is 2.55 bits per heavy atom. The quantitative estimate of drug-likeness (QED) is 0.912. The largest absolute Gasteiger partial charge is 0.350 e. The van der Waals surface area contributed by atoms with Crippen molar-refractivity contribution in [2.75, 3.05) is 19.6 Å². The number of carbonyl (C=O) groups excluding carboxylic acids is 1. The van der Waals surface area contributed by atoms with Crippen LogP contribution in [0.25, 0.3) is 0 Å². The van der Waals surface area contributed by atoms with Crippen LogP contribution in [0.3, 0.4) is 0 Å². The predicted octanol–water partition coefficient (Wildman–Crippen LogP) is 3.71. The molecule has 2 heterocycles. The van der Waals surface area contributed by atoms with Crippen LogP contribution in [0.4, 0.5) is 0 Å². The second kappa shape index (κ2) is 7.56. The molecule has 1 saturated heterocycles. The number of amides is 1. The van der Waals surface area contributed by atoms with Crippen molar-refractivity contribution < 1.29 is 4.79 Å². The van der Waals surface area contributed by atoms with Gasteiger partial charge in [-0.3, -0.25) is 9.69 Å². The van der Waals surface area contributed by atoms with E-state index in [9.17, 15) is 4.79 Å². The van der Waals surface area contributed by atoms with E-state index in [0.717, 1.165) is 18.7 Å². The summed E-state index contributed by atoms with van der Waals surface area (Å²) in [6.07, 6.45) is 3.84. The number of likely N-dealkylation sites (tertiary alicyclic amines) is 1. The summed E-state index contributed by atoms with van der Waals surface area (Å²) in [4.78, 5) is 16.1. The van der Waals surface area contributed by atoms with E-state index in [1.54, 1.807) is 11.3 Å². The van der Waals surface area contributed by atoms with E-state index in [4.69, 9.17) is 0 Å². The molecular weight excluding hydrogens is 292 g/mol. The van der Waals surface area contributed by atoms with Crippen molar-refractivity contribution in [2.24, 2.45) is 0 Å². The zero-order valence-electron chi connectivity index (χ0n) is 12.7. The monoisotopic (exact) mass is 314 g/mol. The van der Waals surface area contributed by atoms with Gasteiger partial charge in [0.15, 0.2) is 0 Å². The highest BCUT2D eigenvalue weighted by Gasteiger charge is 2.23. The molecule has 1 aliphatic heterocycles. The Bertz CT molecular complexity index is 576. The van der Waals surface area contributed by atoms with Crippen molar-refractivity contribution in [3.63, 3.8) is 0 Å². The summed E-state index contributed by atoms with van der Waals surface area (Å²) in [5, 5.41) is 5.23. The van der Waals surface area contributed by atoms with Crippen LogP contribution in [-0.4, -0.2) is 30.4 Å². The number of nitrogens with zero attached hydrogens (tertiary/aromatic N) is 1. The van der Waals surface area contributed by atoms with Crippen molar-refractivity contribution in [1.82, 2.24) is 10.2 Å². The van der Waals surface area contributed by atoms with Crippen LogP contribution in [-0.2, 0) is 0 Å². The molecule has 0 unspecified atom stereocenters. The maximum Gasteiger partial charge on any atom is 0.251 e. The van der Waals surface area contributed by atoms with E-state index >= 15 is 0 Å². The van der Waals surface area contributed by atoms with Crippen LogP contribution < -0.4 is 5.32 Å². The third-order valence-electron chi connectivity index (χ3n) is 4.19. The van der Waals surface area contributed by atoms with Crippen molar-refractivity contribution >= 4 is 17.2 Å². The van der Waals surface area contributed by atoms with Gasteiger partial charge >= 0.3 is 0 Å². The van der Waals surface area contributed by atoms with Crippen LogP contribution in [0.15, 0.2) is 47.8 Å². The fourth-order valence-corrected chi connectivity index (χ4v) is 3.86. The molecule has 1 N–H and O–H groups in total. The average Bonchev–Trinajstić information content (AvgIpc) is 3.11. The van der Waals surface area contributed by atoms with E-state index in [2.05, 4.69) is 27.7 Å². The molecule has 116 valence electrons. The molecule has 1 amide bonds. The van der Waals surface area contributed by atoms with E-state index in [1.807, 2.05) is 30.3 Å². The van der Waals surface area contributed by atoms with Gasteiger partial charge in [-0.15, -0.1) is 11.3 Å². The molecule has 3 rings (SSSR count). The molecule has 0 spiro atoms. The maximum atomic E-state index is 12.3. The van der Waals surface area contributed by atoms with Crippen molar-refractivity contribution in [3.05, 3.63) is 58.3 Å². The van der Waals surface area contributed by atoms with Gasteiger partial charge in [0.1, 0.15) is 0 Å². The lowest BCUT2D eigenvalue weighted by Gasteiger charge is -2.34. The fourth-order valence-electron chi connectivity index (χ4n) is 3.00. The lowest BCUT2D eigenvalue weighted by atomic mass is 10.1. The predicted molar refractivity (Wildman–Crippen MR) is 91.3 cm³/mol.